The van der Waals surface area contributed by atoms with Gasteiger partial charge in [0, 0.05) is 23.2 Å². The van der Waals surface area contributed by atoms with Crippen LogP contribution in [0.3, 0.4) is 0 Å². The molecule has 10 heteroatoms. The lowest BCUT2D eigenvalue weighted by molar-refractivity contribution is -0.384. The Hall–Kier alpha value is -4.11. The maximum Gasteiger partial charge on any atom is 0.333 e. The second-order valence-corrected chi connectivity index (χ2v) is 6.89. The third-order valence-corrected chi connectivity index (χ3v) is 4.75. The lowest BCUT2D eigenvalue weighted by atomic mass is 10.1. The van der Waals surface area contributed by atoms with Crippen molar-refractivity contribution in [2.45, 2.75) is 0 Å². The summed E-state index contributed by atoms with van der Waals surface area (Å²) in [6.45, 7) is 0. The number of rotatable bonds is 5. The Kier molecular flexibility index (Phi) is 5.18. The number of imide groups is 1. The van der Waals surface area contributed by atoms with Crippen LogP contribution >= 0.6 is 11.6 Å². The zero-order chi connectivity index (χ0) is 22.1. The number of amides is 3. The maximum atomic E-state index is 12.7. The molecule has 156 valence electrons. The average molecular weight is 440 g/mol. The number of anilines is 1. The number of nitrogens with one attached hydrogen (secondary N) is 1. The van der Waals surface area contributed by atoms with Crippen LogP contribution < -0.4 is 15.0 Å². The van der Waals surface area contributed by atoms with Crippen molar-refractivity contribution in [3.05, 3.63) is 81.2 Å². The van der Waals surface area contributed by atoms with Gasteiger partial charge in [0.25, 0.3) is 11.6 Å². The quantitative estimate of drug-likeness (QED) is 0.268. The molecule has 0 bridgehead atoms. The van der Waals surface area contributed by atoms with Crippen molar-refractivity contribution in [2.75, 3.05) is 12.0 Å². The fourth-order valence-corrected chi connectivity index (χ4v) is 3.29. The Morgan fingerprint density at radius 1 is 1.16 bits per heavy atom. The lowest BCUT2D eigenvalue weighted by Gasteiger charge is -2.11. The second-order valence-electron chi connectivity index (χ2n) is 6.45. The van der Waals surface area contributed by atoms with Crippen molar-refractivity contribution in [2.24, 2.45) is 0 Å². The molecule has 31 heavy (non-hydrogen) atoms. The summed E-state index contributed by atoms with van der Waals surface area (Å²) in [7, 11) is 1.44. The van der Waals surface area contributed by atoms with E-state index in [0.717, 1.165) is 4.90 Å². The summed E-state index contributed by atoms with van der Waals surface area (Å²) in [5.74, 6) is 0.380. The van der Waals surface area contributed by atoms with Gasteiger partial charge in [-0.1, -0.05) is 17.7 Å². The van der Waals surface area contributed by atoms with E-state index in [-0.39, 0.29) is 17.1 Å². The summed E-state index contributed by atoms with van der Waals surface area (Å²) in [6, 6.07) is 13.0. The highest BCUT2D eigenvalue weighted by atomic mass is 35.5. The number of carbonyl (C=O) groups is 2. The molecule has 0 atom stereocenters. The molecule has 3 aromatic rings. The molecule has 3 amide bonds. The predicted molar refractivity (Wildman–Crippen MR) is 113 cm³/mol. The third-order valence-electron chi connectivity index (χ3n) is 4.52. The minimum Gasteiger partial charge on any atom is -0.496 e. The van der Waals surface area contributed by atoms with Crippen molar-refractivity contribution in [1.29, 1.82) is 0 Å². The molecule has 0 radical (unpaired) electrons. The SMILES string of the molecule is COc1ccc([N+](=O)[O-])cc1-c1ccc(C=C2NC(=O)N(c3cccc(Cl)c3)C2=O)o1. The summed E-state index contributed by atoms with van der Waals surface area (Å²) in [5.41, 5.74) is 0.600. The molecule has 1 aliphatic heterocycles. The van der Waals surface area contributed by atoms with Crippen LogP contribution in [0, 0.1) is 10.1 Å². The molecule has 0 aliphatic carbocycles. The zero-order valence-corrected chi connectivity index (χ0v) is 16.8. The Labute approximate surface area is 180 Å². The van der Waals surface area contributed by atoms with E-state index < -0.39 is 16.9 Å². The van der Waals surface area contributed by atoms with E-state index in [1.165, 1.54) is 37.5 Å². The van der Waals surface area contributed by atoms with Gasteiger partial charge in [-0.3, -0.25) is 14.9 Å². The number of hydrogen-bond donors (Lipinski definition) is 1. The van der Waals surface area contributed by atoms with Crippen molar-refractivity contribution in [3.8, 4) is 17.1 Å². The van der Waals surface area contributed by atoms with E-state index in [4.69, 9.17) is 20.8 Å². The van der Waals surface area contributed by atoms with Crippen molar-refractivity contribution < 1.29 is 23.7 Å². The van der Waals surface area contributed by atoms with Crippen LogP contribution in [0.4, 0.5) is 16.2 Å². The van der Waals surface area contributed by atoms with Crippen LogP contribution in [-0.2, 0) is 4.79 Å². The van der Waals surface area contributed by atoms with E-state index in [1.807, 2.05) is 0 Å². The van der Waals surface area contributed by atoms with Crippen LogP contribution in [-0.4, -0.2) is 24.0 Å². The van der Waals surface area contributed by atoms with Crippen LogP contribution in [0.2, 0.25) is 5.02 Å². The van der Waals surface area contributed by atoms with Gasteiger partial charge in [-0.05, 0) is 36.4 Å². The number of furan rings is 1. The number of hydrogen-bond acceptors (Lipinski definition) is 6. The topological polar surface area (TPSA) is 115 Å². The van der Waals surface area contributed by atoms with Gasteiger partial charge >= 0.3 is 6.03 Å². The van der Waals surface area contributed by atoms with Crippen molar-refractivity contribution in [1.82, 2.24) is 5.32 Å². The summed E-state index contributed by atoms with van der Waals surface area (Å²) < 4.78 is 11.0. The second kappa shape index (κ2) is 7.96. The van der Waals surface area contributed by atoms with Gasteiger partial charge in [0.05, 0.1) is 23.3 Å². The van der Waals surface area contributed by atoms with Gasteiger partial charge in [-0.25, -0.2) is 9.69 Å². The number of methoxy groups -OCH3 is 1. The van der Waals surface area contributed by atoms with E-state index >= 15 is 0 Å². The number of urea groups is 1. The largest absolute Gasteiger partial charge is 0.496 e. The first-order chi connectivity index (χ1) is 14.9. The van der Waals surface area contributed by atoms with Gasteiger partial charge < -0.3 is 14.5 Å². The van der Waals surface area contributed by atoms with Crippen LogP contribution in [0.1, 0.15) is 5.76 Å². The van der Waals surface area contributed by atoms with Gasteiger partial charge in [0.2, 0.25) is 0 Å². The maximum absolute atomic E-state index is 12.7. The summed E-state index contributed by atoms with van der Waals surface area (Å²) in [6.07, 6.45) is 1.37. The molecule has 1 N–H and O–H groups in total. The molecular formula is C21H14ClN3O6. The third kappa shape index (κ3) is 3.86. The number of nitro groups is 1. The van der Waals surface area contributed by atoms with Crippen LogP contribution in [0.25, 0.3) is 17.4 Å². The van der Waals surface area contributed by atoms with Crippen LogP contribution in [0.5, 0.6) is 5.75 Å². The molecule has 0 unspecified atom stereocenters. The van der Waals surface area contributed by atoms with Gasteiger partial charge in [0.1, 0.15) is 23.0 Å². The molecule has 2 heterocycles. The highest BCUT2D eigenvalue weighted by Crippen LogP contribution is 2.35. The van der Waals surface area contributed by atoms with Crippen molar-refractivity contribution in [3.63, 3.8) is 0 Å². The molecule has 0 spiro atoms. The number of benzene rings is 2. The monoisotopic (exact) mass is 439 g/mol. The van der Waals surface area contributed by atoms with Crippen molar-refractivity contribution >= 4 is 41.0 Å². The minimum atomic E-state index is -0.620. The van der Waals surface area contributed by atoms with E-state index in [9.17, 15) is 19.7 Å². The van der Waals surface area contributed by atoms with E-state index in [1.54, 1.807) is 30.3 Å². The molecule has 1 saturated heterocycles. The number of halogens is 1. The lowest BCUT2D eigenvalue weighted by Crippen LogP contribution is -2.30. The molecule has 1 aromatic heterocycles. The average Bonchev–Trinajstić information content (AvgIpc) is 3.31. The summed E-state index contributed by atoms with van der Waals surface area (Å²) in [4.78, 5) is 36.6. The zero-order valence-electron chi connectivity index (χ0n) is 16.0. The predicted octanol–water partition coefficient (Wildman–Crippen LogP) is 4.61. The molecule has 4 rings (SSSR count). The summed E-state index contributed by atoms with van der Waals surface area (Å²) >= 11 is 5.95. The molecular weight excluding hydrogens is 426 g/mol. The highest BCUT2D eigenvalue weighted by molar-refractivity contribution is 6.32. The first-order valence-electron chi connectivity index (χ1n) is 8.92. The first kappa shape index (κ1) is 20.2. The molecule has 1 fully saturated rings. The number of nitrogens with zero attached hydrogens (tertiary/aromatic N) is 2. The normalized spacial score (nSPS) is 14.8. The van der Waals surface area contributed by atoms with Gasteiger partial charge in [0.15, 0.2) is 0 Å². The van der Waals surface area contributed by atoms with Gasteiger partial charge in [-0.2, -0.15) is 0 Å². The molecule has 0 saturated carbocycles. The number of carbonyl (C=O) groups excluding carboxylic acids is 2. The van der Waals surface area contributed by atoms with E-state index in [2.05, 4.69) is 5.32 Å². The first-order valence-corrected chi connectivity index (χ1v) is 9.30. The Bertz CT molecular complexity index is 1250. The molecule has 1 aliphatic rings. The fraction of sp³-hybridized carbons (Fsp3) is 0.0476. The number of nitro benzene ring substituents is 1. The van der Waals surface area contributed by atoms with E-state index in [0.29, 0.717) is 27.8 Å². The van der Waals surface area contributed by atoms with Gasteiger partial charge in [-0.15, -0.1) is 0 Å². The Morgan fingerprint density at radius 2 is 1.97 bits per heavy atom. The summed E-state index contributed by atoms with van der Waals surface area (Å²) in [5, 5.41) is 14.0. The number of ether oxygens (including phenoxy) is 1. The standard InChI is InChI=1S/C21H14ClN3O6/c1-30-18-7-5-14(25(28)29)10-16(18)19-8-6-15(31-19)11-17-20(26)24(21(27)23-17)13-4-2-3-12(22)9-13/h2-11H,1H3,(H,23,27). The Balaban J connectivity index is 1.65. The molecule has 2 aromatic carbocycles. The smallest absolute Gasteiger partial charge is 0.333 e. The fourth-order valence-electron chi connectivity index (χ4n) is 3.10. The highest BCUT2D eigenvalue weighted by Gasteiger charge is 2.35. The number of non-ortho nitro benzene ring substituents is 1. The minimum absolute atomic E-state index is 0.0110. The molecule has 9 nitrogen and oxygen atoms in total. The Morgan fingerprint density at radius 3 is 2.68 bits per heavy atom. The van der Waals surface area contributed by atoms with Crippen LogP contribution in [0.15, 0.2) is 64.7 Å².